The molecule has 0 radical (unpaired) electrons. The van der Waals surface area contributed by atoms with E-state index in [4.69, 9.17) is 0 Å². The predicted molar refractivity (Wildman–Crippen MR) is 91.3 cm³/mol. The van der Waals surface area contributed by atoms with Gasteiger partial charge in [0.25, 0.3) is 0 Å². The number of hydrogen-bond donors (Lipinski definition) is 1. The third-order valence-electron chi connectivity index (χ3n) is 4.00. The Labute approximate surface area is 139 Å². The summed E-state index contributed by atoms with van der Waals surface area (Å²) in [6.45, 7) is 8.46. The van der Waals surface area contributed by atoms with E-state index >= 15 is 0 Å². The monoisotopic (exact) mass is 337 g/mol. The first kappa shape index (κ1) is 20.6. The molecule has 2 rings (SSSR count). The average Bonchev–Trinajstić information content (AvgIpc) is 2.45. The van der Waals surface area contributed by atoms with Gasteiger partial charge in [0.2, 0.25) is 0 Å². The van der Waals surface area contributed by atoms with Gasteiger partial charge in [-0.25, -0.2) is 4.39 Å². The fourth-order valence-corrected chi connectivity index (χ4v) is 2.48. The molecule has 1 N–H and O–H groups in total. The largest absolute Gasteiger partial charge is 0.314 e. The summed E-state index contributed by atoms with van der Waals surface area (Å²) in [5, 5.41) is 3.35. The van der Waals surface area contributed by atoms with Gasteiger partial charge in [0, 0.05) is 50.9 Å². The molecular weight excluding hydrogens is 312 g/mol. The Hall–Kier alpha value is -0.390. The summed E-state index contributed by atoms with van der Waals surface area (Å²) in [7, 11) is 2.07. The van der Waals surface area contributed by atoms with Crippen LogP contribution in [0.5, 0.6) is 0 Å². The van der Waals surface area contributed by atoms with Gasteiger partial charge in [-0.15, -0.1) is 24.8 Å². The van der Waals surface area contributed by atoms with Crippen molar-refractivity contribution >= 4 is 24.8 Å². The predicted octanol–water partition coefficient (Wildman–Crippen LogP) is 2.57. The molecule has 1 aromatic rings. The third-order valence-corrected chi connectivity index (χ3v) is 4.00. The van der Waals surface area contributed by atoms with Crippen LogP contribution in [-0.4, -0.2) is 56.1 Å². The zero-order valence-electron chi connectivity index (χ0n) is 12.7. The first-order chi connectivity index (χ1) is 9.18. The van der Waals surface area contributed by atoms with Crippen LogP contribution in [0.1, 0.15) is 18.5 Å². The summed E-state index contributed by atoms with van der Waals surface area (Å²) >= 11 is 0. The van der Waals surface area contributed by atoms with Gasteiger partial charge in [-0.05, 0) is 20.0 Å². The van der Waals surface area contributed by atoms with E-state index in [-0.39, 0.29) is 36.7 Å². The molecule has 1 heterocycles. The summed E-state index contributed by atoms with van der Waals surface area (Å²) in [5.41, 5.74) is 0.783. The lowest BCUT2D eigenvalue weighted by atomic mass is 10.1. The van der Waals surface area contributed by atoms with Crippen molar-refractivity contribution in [2.24, 2.45) is 0 Å². The topological polar surface area (TPSA) is 18.5 Å². The maximum atomic E-state index is 13.7. The van der Waals surface area contributed by atoms with E-state index in [2.05, 4.69) is 29.1 Å². The minimum atomic E-state index is -0.107. The van der Waals surface area contributed by atoms with E-state index in [0.717, 1.165) is 44.8 Å². The molecule has 0 amide bonds. The number of hydrogen-bond acceptors (Lipinski definition) is 3. The van der Waals surface area contributed by atoms with E-state index in [9.17, 15) is 4.39 Å². The van der Waals surface area contributed by atoms with Gasteiger partial charge in [0.1, 0.15) is 5.82 Å². The highest BCUT2D eigenvalue weighted by Gasteiger charge is 2.16. The molecule has 1 unspecified atom stereocenters. The van der Waals surface area contributed by atoms with E-state index in [1.165, 1.54) is 6.07 Å². The lowest BCUT2D eigenvalue weighted by Gasteiger charge is -2.31. The number of rotatable bonds is 5. The van der Waals surface area contributed by atoms with Gasteiger partial charge in [0.05, 0.1) is 0 Å². The molecule has 1 aliphatic heterocycles. The van der Waals surface area contributed by atoms with E-state index in [1.54, 1.807) is 6.07 Å². The van der Waals surface area contributed by atoms with Gasteiger partial charge >= 0.3 is 0 Å². The van der Waals surface area contributed by atoms with E-state index < -0.39 is 0 Å². The molecule has 3 nitrogen and oxygen atoms in total. The van der Waals surface area contributed by atoms with Crippen LogP contribution >= 0.6 is 24.8 Å². The quantitative estimate of drug-likeness (QED) is 0.890. The Morgan fingerprint density at radius 3 is 2.48 bits per heavy atom. The average molecular weight is 338 g/mol. The molecule has 0 saturated carbocycles. The molecule has 1 aliphatic rings. The Morgan fingerprint density at radius 1 is 1.24 bits per heavy atom. The van der Waals surface area contributed by atoms with Crippen LogP contribution in [0, 0.1) is 5.82 Å². The molecule has 0 aliphatic carbocycles. The number of halogens is 3. The van der Waals surface area contributed by atoms with Crippen molar-refractivity contribution in [2.45, 2.75) is 13.0 Å². The zero-order chi connectivity index (χ0) is 13.7. The standard InChI is InChI=1S/C15H24FN3.2ClH/c1-13(14-5-3-4-6-15(14)16)18(2)11-12-19-9-7-17-8-10-19;;/h3-6,13,17H,7-12H2,1-2H3;2*1H. The van der Waals surface area contributed by atoms with E-state index in [0.29, 0.717) is 0 Å². The Bertz CT molecular complexity index is 400. The first-order valence-corrected chi connectivity index (χ1v) is 7.06. The summed E-state index contributed by atoms with van der Waals surface area (Å²) in [4.78, 5) is 4.68. The molecule has 0 spiro atoms. The highest BCUT2D eigenvalue weighted by Crippen LogP contribution is 2.21. The molecule has 122 valence electrons. The number of likely N-dealkylation sites (N-methyl/N-ethyl adjacent to an activating group) is 1. The smallest absolute Gasteiger partial charge is 0.127 e. The van der Waals surface area contributed by atoms with Crippen molar-refractivity contribution in [1.82, 2.24) is 15.1 Å². The minimum Gasteiger partial charge on any atom is -0.314 e. The van der Waals surface area contributed by atoms with Crippen molar-refractivity contribution in [3.63, 3.8) is 0 Å². The third kappa shape index (κ3) is 6.09. The maximum absolute atomic E-state index is 13.7. The molecule has 1 atom stereocenters. The molecule has 1 aromatic carbocycles. The van der Waals surface area contributed by atoms with Crippen molar-refractivity contribution in [1.29, 1.82) is 0 Å². The number of nitrogens with one attached hydrogen (secondary N) is 1. The SMILES string of the molecule is CC(c1ccccc1F)N(C)CCN1CCNCC1.Cl.Cl. The van der Waals surface area contributed by atoms with Crippen LogP contribution < -0.4 is 5.32 Å². The minimum absolute atomic E-state index is 0. The van der Waals surface area contributed by atoms with Gasteiger partial charge in [-0.1, -0.05) is 18.2 Å². The summed E-state index contributed by atoms with van der Waals surface area (Å²) in [5.74, 6) is -0.107. The van der Waals surface area contributed by atoms with Gasteiger partial charge < -0.3 is 5.32 Å². The fourth-order valence-electron chi connectivity index (χ4n) is 2.48. The molecule has 1 fully saturated rings. The highest BCUT2D eigenvalue weighted by molar-refractivity contribution is 5.85. The molecule has 0 aromatic heterocycles. The van der Waals surface area contributed by atoms with Crippen LogP contribution in [0.25, 0.3) is 0 Å². The Balaban J connectivity index is 0.00000200. The number of nitrogens with zero attached hydrogens (tertiary/aromatic N) is 2. The maximum Gasteiger partial charge on any atom is 0.127 e. The van der Waals surface area contributed by atoms with Crippen molar-refractivity contribution in [2.75, 3.05) is 46.3 Å². The molecule has 21 heavy (non-hydrogen) atoms. The van der Waals surface area contributed by atoms with E-state index in [1.807, 2.05) is 12.1 Å². The first-order valence-electron chi connectivity index (χ1n) is 7.06. The number of benzene rings is 1. The Morgan fingerprint density at radius 2 is 1.86 bits per heavy atom. The van der Waals surface area contributed by atoms with Crippen molar-refractivity contribution in [3.8, 4) is 0 Å². The van der Waals surface area contributed by atoms with Crippen LogP contribution in [0.2, 0.25) is 0 Å². The number of piperazine rings is 1. The molecule has 0 bridgehead atoms. The normalized spacial score (nSPS) is 17.0. The second kappa shape index (κ2) is 10.4. The van der Waals surface area contributed by atoms with Crippen LogP contribution in [-0.2, 0) is 0 Å². The summed E-state index contributed by atoms with van der Waals surface area (Å²) in [6.07, 6.45) is 0. The van der Waals surface area contributed by atoms with Gasteiger partial charge in [0.15, 0.2) is 0 Å². The van der Waals surface area contributed by atoms with Gasteiger partial charge in [-0.2, -0.15) is 0 Å². The Kier molecular flexibility index (Phi) is 10.2. The van der Waals surface area contributed by atoms with Crippen LogP contribution in [0.15, 0.2) is 24.3 Å². The van der Waals surface area contributed by atoms with Crippen molar-refractivity contribution < 1.29 is 4.39 Å². The molecule has 1 saturated heterocycles. The van der Waals surface area contributed by atoms with Gasteiger partial charge in [-0.3, -0.25) is 9.80 Å². The summed E-state index contributed by atoms with van der Waals surface area (Å²) < 4.78 is 13.7. The second-order valence-electron chi connectivity index (χ2n) is 5.27. The summed E-state index contributed by atoms with van der Waals surface area (Å²) in [6, 6.07) is 7.17. The fraction of sp³-hybridized carbons (Fsp3) is 0.600. The molecule has 6 heteroatoms. The van der Waals surface area contributed by atoms with Crippen LogP contribution in [0.3, 0.4) is 0 Å². The molecular formula is C15H26Cl2FN3. The second-order valence-corrected chi connectivity index (χ2v) is 5.27. The highest BCUT2D eigenvalue weighted by atomic mass is 35.5. The lowest BCUT2D eigenvalue weighted by molar-refractivity contribution is 0.181. The zero-order valence-corrected chi connectivity index (χ0v) is 14.4. The van der Waals surface area contributed by atoms with Crippen LogP contribution in [0.4, 0.5) is 4.39 Å². The lowest BCUT2D eigenvalue weighted by Crippen LogP contribution is -2.46. The van der Waals surface area contributed by atoms with Crippen molar-refractivity contribution in [3.05, 3.63) is 35.6 Å².